The maximum Gasteiger partial charge on any atom is 0.338 e. The van der Waals surface area contributed by atoms with Gasteiger partial charge >= 0.3 is 5.97 Å². The van der Waals surface area contributed by atoms with Gasteiger partial charge in [-0.1, -0.05) is 124 Å². The maximum atomic E-state index is 12.6. The number of ether oxygens (including phenoxy) is 1. The van der Waals surface area contributed by atoms with E-state index < -0.39 is 5.97 Å². The van der Waals surface area contributed by atoms with Gasteiger partial charge in [0.05, 0.1) is 32.9 Å². The highest BCUT2D eigenvalue weighted by Gasteiger charge is 2.15. The number of esters is 1. The lowest BCUT2D eigenvalue weighted by molar-refractivity contribution is 0.0497. The minimum absolute atomic E-state index is 0.220. The Morgan fingerprint density at radius 2 is 1.38 bits per heavy atom. The molecule has 0 unspecified atom stereocenters. The van der Waals surface area contributed by atoms with Crippen LogP contribution in [0, 0.1) is 0 Å². The second-order valence-electron chi connectivity index (χ2n) is 9.91. The van der Waals surface area contributed by atoms with E-state index in [2.05, 4.69) is 17.3 Å². The minimum Gasteiger partial charge on any atom is -0.462 e. The normalized spacial score (nSPS) is 11.1. The Morgan fingerprint density at radius 3 is 1.95 bits per heavy atom. The highest BCUT2D eigenvalue weighted by Crippen LogP contribution is 2.32. The molecule has 0 aliphatic carbocycles. The molecule has 3 rings (SSSR count). The number of nitrogens with zero attached hydrogens (tertiary/aromatic N) is 1. The molecule has 6 nitrogen and oxygen atoms in total. The van der Waals surface area contributed by atoms with Crippen LogP contribution in [0.3, 0.4) is 0 Å². The lowest BCUT2D eigenvalue weighted by atomic mass is 10.1. The van der Waals surface area contributed by atoms with Crippen LogP contribution in [0.25, 0.3) is 5.69 Å². The van der Waals surface area contributed by atoms with Gasteiger partial charge in [0.2, 0.25) is 0 Å². The number of carbonyl (C=O) groups is 1. The van der Waals surface area contributed by atoms with Crippen LogP contribution < -0.4 is 10.9 Å². The number of H-pyrrole nitrogens is 1. The monoisotopic (exact) mass is 627 g/mol. The summed E-state index contributed by atoms with van der Waals surface area (Å²) in [7, 11) is 0. The van der Waals surface area contributed by atoms with Gasteiger partial charge in [-0.15, -0.1) is 0 Å². The summed E-state index contributed by atoms with van der Waals surface area (Å²) in [5.74, 6) is -0.0561. The molecule has 0 fully saturated rings. The zero-order valence-corrected chi connectivity index (χ0v) is 25.9. The summed E-state index contributed by atoms with van der Waals surface area (Å²) in [5, 5.41) is 7.05. The van der Waals surface area contributed by atoms with Gasteiger partial charge in [-0.3, -0.25) is 9.89 Å². The maximum absolute atomic E-state index is 12.6. The summed E-state index contributed by atoms with van der Waals surface area (Å²) >= 11 is 24.9. The Balaban J connectivity index is 1.41. The molecule has 0 aliphatic rings. The van der Waals surface area contributed by atoms with Crippen molar-refractivity contribution >= 4 is 63.9 Å². The lowest BCUT2D eigenvalue weighted by Gasteiger charge is -2.10. The van der Waals surface area contributed by atoms with Crippen molar-refractivity contribution in [2.75, 3.05) is 11.9 Å². The van der Waals surface area contributed by atoms with Gasteiger partial charge in [0.25, 0.3) is 5.56 Å². The zero-order chi connectivity index (χ0) is 28.9. The third-order valence-electron chi connectivity index (χ3n) is 6.63. The van der Waals surface area contributed by atoms with Gasteiger partial charge in [-0.25, -0.2) is 9.48 Å². The van der Waals surface area contributed by atoms with Gasteiger partial charge in [0.15, 0.2) is 0 Å². The minimum atomic E-state index is -0.414. The van der Waals surface area contributed by atoms with E-state index in [9.17, 15) is 9.59 Å². The molecule has 10 heteroatoms. The number of aromatic amines is 1. The van der Waals surface area contributed by atoms with Crippen LogP contribution in [0.15, 0.2) is 41.2 Å². The lowest BCUT2D eigenvalue weighted by Crippen LogP contribution is -2.14. The molecule has 0 radical (unpaired) electrons. The van der Waals surface area contributed by atoms with Crippen molar-refractivity contribution in [3.8, 4) is 5.69 Å². The molecule has 1 aromatic heterocycles. The molecule has 0 bridgehead atoms. The van der Waals surface area contributed by atoms with E-state index in [0.29, 0.717) is 33.7 Å². The first-order chi connectivity index (χ1) is 19.3. The third-order valence-corrected chi connectivity index (χ3v) is 7.74. The number of hydrogen-bond acceptors (Lipinski definition) is 4. The van der Waals surface area contributed by atoms with Crippen LogP contribution in [0.4, 0.5) is 11.5 Å². The van der Waals surface area contributed by atoms with Gasteiger partial charge < -0.3 is 10.1 Å². The molecule has 0 atom stereocenters. The summed E-state index contributed by atoms with van der Waals surface area (Å²) in [6, 6.07) is 9.15. The molecule has 1 heterocycles. The Morgan fingerprint density at radius 1 is 0.800 bits per heavy atom. The fourth-order valence-electron chi connectivity index (χ4n) is 4.45. The molecule has 3 aromatic rings. The Bertz CT molecular complexity index is 1280. The number of nitrogens with one attached hydrogen (secondary N) is 2. The molecular weight excluding hydrogens is 592 g/mol. The smallest absolute Gasteiger partial charge is 0.338 e. The van der Waals surface area contributed by atoms with Crippen LogP contribution in [-0.4, -0.2) is 22.4 Å². The molecule has 40 heavy (non-hydrogen) atoms. The third kappa shape index (κ3) is 10.1. The Hall–Kier alpha value is -2.12. The molecule has 0 aliphatic heterocycles. The number of benzene rings is 2. The van der Waals surface area contributed by atoms with Crippen molar-refractivity contribution in [3.63, 3.8) is 0 Å². The van der Waals surface area contributed by atoms with Crippen LogP contribution in [0.5, 0.6) is 0 Å². The number of unbranched alkanes of at least 4 members (excludes halogenated alkanes) is 11. The number of anilines is 2. The summed E-state index contributed by atoms with van der Waals surface area (Å²) in [6.07, 6.45) is 15.0. The highest BCUT2D eigenvalue weighted by atomic mass is 35.5. The van der Waals surface area contributed by atoms with Gasteiger partial charge in [0, 0.05) is 11.1 Å². The Kier molecular flexibility index (Phi) is 13.8. The van der Waals surface area contributed by atoms with Gasteiger partial charge in [0.1, 0.15) is 11.5 Å². The van der Waals surface area contributed by atoms with Crippen molar-refractivity contribution in [3.05, 3.63) is 72.4 Å². The molecular formula is C30H37Cl4N3O3. The number of carbonyl (C=O) groups excluding carboxylic acids is 1. The first kappa shape index (κ1) is 32.4. The fraction of sp³-hybridized carbons (Fsp3) is 0.467. The molecule has 2 aromatic carbocycles. The second kappa shape index (κ2) is 17.0. The SMILES string of the molecule is CCCCCCCCCCCCCCOC(=O)c1ccc(Nc2cc(=O)n(-c3c(Cl)cc(Cl)cc3Cl)[nH]2)c(Cl)c1. The first-order valence-corrected chi connectivity index (χ1v) is 15.5. The average Bonchev–Trinajstić information content (AvgIpc) is 3.26. The van der Waals surface area contributed by atoms with Crippen molar-refractivity contribution in [2.45, 2.75) is 84.0 Å². The van der Waals surface area contributed by atoms with E-state index in [1.807, 2.05) is 0 Å². The van der Waals surface area contributed by atoms with Crippen LogP contribution in [0.2, 0.25) is 20.1 Å². The standard InChI is InChI=1S/C30H37Cl4N3O3/c1-2-3-4-5-6-7-8-9-10-11-12-13-16-40-30(39)21-14-15-26(23(32)17-21)35-27-20-28(38)37(36-27)29-24(33)18-22(31)19-25(29)34/h14-15,17-20,35-36H,2-13,16H2,1H3. The quantitative estimate of drug-likeness (QED) is 0.115. The van der Waals surface area contributed by atoms with Crippen molar-refractivity contribution in [1.29, 1.82) is 0 Å². The predicted molar refractivity (Wildman–Crippen MR) is 168 cm³/mol. The van der Waals surface area contributed by atoms with Crippen molar-refractivity contribution in [1.82, 2.24) is 9.78 Å². The van der Waals surface area contributed by atoms with Crippen LogP contribution in [0.1, 0.15) is 94.3 Å². The topological polar surface area (TPSA) is 76.1 Å². The summed E-state index contributed by atoms with van der Waals surface area (Å²) in [4.78, 5) is 25.0. The van der Waals surface area contributed by atoms with Gasteiger partial charge in [-0.05, 0) is 36.8 Å². The average molecular weight is 629 g/mol. The summed E-state index contributed by atoms with van der Waals surface area (Å²) in [6.45, 7) is 2.64. The van der Waals surface area contributed by atoms with Gasteiger partial charge in [-0.2, -0.15) is 0 Å². The molecule has 0 saturated carbocycles. The van der Waals surface area contributed by atoms with E-state index in [4.69, 9.17) is 51.1 Å². The largest absolute Gasteiger partial charge is 0.462 e. The zero-order valence-electron chi connectivity index (χ0n) is 22.8. The fourth-order valence-corrected chi connectivity index (χ4v) is 5.67. The predicted octanol–water partition coefficient (Wildman–Crippen LogP) is 10.4. The number of rotatable bonds is 17. The number of aromatic nitrogens is 2. The van der Waals surface area contributed by atoms with E-state index in [0.717, 1.165) is 12.8 Å². The second-order valence-corrected chi connectivity index (χ2v) is 11.6. The van der Waals surface area contributed by atoms with E-state index in [1.165, 1.54) is 93.2 Å². The van der Waals surface area contributed by atoms with Crippen molar-refractivity contribution < 1.29 is 9.53 Å². The number of halogens is 4. The van der Waals surface area contributed by atoms with E-state index >= 15 is 0 Å². The molecule has 0 amide bonds. The van der Waals surface area contributed by atoms with Crippen LogP contribution in [-0.2, 0) is 4.74 Å². The van der Waals surface area contributed by atoms with Crippen LogP contribution >= 0.6 is 46.4 Å². The molecule has 2 N–H and O–H groups in total. The van der Waals surface area contributed by atoms with E-state index in [-0.39, 0.29) is 21.3 Å². The molecule has 0 spiro atoms. The Labute approximate surface area is 256 Å². The highest BCUT2D eigenvalue weighted by molar-refractivity contribution is 6.40. The van der Waals surface area contributed by atoms with Crippen molar-refractivity contribution in [2.24, 2.45) is 0 Å². The van der Waals surface area contributed by atoms with E-state index in [1.54, 1.807) is 12.1 Å². The summed E-state index contributed by atoms with van der Waals surface area (Å²) in [5.41, 5.74) is 0.757. The number of hydrogen-bond donors (Lipinski definition) is 2. The summed E-state index contributed by atoms with van der Waals surface area (Å²) < 4.78 is 6.64. The molecule has 0 saturated heterocycles. The first-order valence-electron chi connectivity index (χ1n) is 14.0. The molecule has 218 valence electrons.